The van der Waals surface area contributed by atoms with Crippen LogP contribution >= 0.6 is 0 Å². The zero-order valence-corrected chi connectivity index (χ0v) is 22.8. The van der Waals surface area contributed by atoms with Crippen molar-refractivity contribution in [3.05, 3.63) is 59.7 Å². The first-order chi connectivity index (χ1) is 17.8. The largest absolute Gasteiger partial charge is 0.462 e. The van der Waals surface area contributed by atoms with Crippen LogP contribution in [-0.4, -0.2) is 48.6 Å². The topological polar surface area (TPSA) is 93.1 Å². The van der Waals surface area contributed by atoms with Crippen LogP contribution in [0.1, 0.15) is 82.3 Å². The Bertz CT molecular complexity index is 862. The molecule has 0 saturated heterocycles. The first-order valence-electron chi connectivity index (χ1n) is 13.8. The summed E-state index contributed by atoms with van der Waals surface area (Å²) in [5, 5.41) is 18.5. The molecule has 0 spiro atoms. The average molecular weight is 515 g/mol. The van der Waals surface area contributed by atoms with E-state index in [1.807, 2.05) is 0 Å². The summed E-state index contributed by atoms with van der Waals surface area (Å²) in [4.78, 5) is 24.5. The number of aliphatic hydroxyl groups excluding tert-OH is 2. The van der Waals surface area contributed by atoms with Crippen molar-refractivity contribution in [3.63, 3.8) is 0 Å². The molecule has 2 rings (SSSR count). The first kappa shape index (κ1) is 30.8. The highest BCUT2D eigenvalue weighted by Crippen LogP contribution is 2.39. The summed E-state index contributed by atoms with van der Waals surface area (Å²) in [5.41, 5.74) is 3.34. The van der Waals surface area contributed by atoms with E-state index in [9.17, 15) is 19.8 Å². The number of hydrogen-bond donors (Lipinski definition) is 2. The molecule has 1 aliphatic rings. The molecule has 0 heterocycles. The third-order valence-corrected chi connectivity index (χ3v) is 7.50. The second-order valence-corrected chi connectivity index (χ2v) is 10.6. The maximum atomic E-state index is 12.5. The molecule has 0 amide bonds. The van der Waals surface area contributed by atoms with Crippen molar-refractivity contribution in [1.82, 2.24) is 0 Å². The van der Waals surface area contributed by atoms with E-state index in [1.165, 1.54) is 30.4 Å². The van der Waals surface area contributed by atoms with Crippen LogP contribution in [0.3, 0.4) is 0 Å². The van der Waals surface area contributed by atoms with Crippen LogP contribution in [0.4, 0.5) is 0 Å². The molecule has 1 aromatic rings. The zero-order valence-electron chi connectivity index (χ0n) is 22.8. The fourth-order valence-electron chi connectivity index (χ4n) is 4.99. The lowest BCUT2D eigenvalue weighted by molar-refractivity contribution is -0.146. The molecule has 0 radical (unpaired) electrons. The lowest BCUT2D eigenvalue weighted by Crippen LogP contribution is -2.30. The first-order valence-corrected chi connectivity index (χ1v) is 13.8. The molecule has 1 fully saturated rings. The minimum Gasteiger partial charge on any atom is -0.462 e. The summed E-state index contributed by atoms with van der Waals surface area (Å²) < 4.78 is 11.0. The predicted molar refractivity (Wildman–Crippen MR) is 146 cm³/mol. The highest BCUT2D eigenvalue weighted by molar-refractivity contribution is 5.88. The van der Waals surface area contributed by atoms with Gasteiger partial charge in [-0.2, -0.15) is 0 Å². The van der Waals surface area contributed by atoms with Gasteiger partial charge in [-0.3, -0.25) is 0 Å². The van der Waals surface area contributed by atoms with Gasteiger partial charge in [0, 0.05) is 36.2 Å². The van der Waals surface area contributed by atoms with Gasteiger partial charge in [-0.1, -0.05) is 57.2 Å². The van der Waals surface area contributed by atoms with Crippen molar-refractivity contribution in [3.8, 4) is 0 Å². The van der Waals surface area contributed by atoms with E-state index >= 15 is 0 Å². The molecule has 0 aromatic heterocycles. The molecule has 1 aromatic carbocycles. The van der Waals surface area contributed by atoms with E-state index in [2.05, 4.69) is 44.3 Å². The molecular formula is C31H46O6. The van der Waals surface area contributed by atoms with Crippen molar-refractivity contribution in [1.29, 1.82) is 0 Å². The second kappa shape index (κ2) is 16.4. The Labute approximate surface area is 222 Å². The number of aliphatic hydroxyl groups is 2. The Kier molecular flexibility index (Phi) is 13.7. The smallest absolute Gasteiger partial charge is 0.333 e. The monoisotopic (exact) mass is 514 g/mol. The van der Waals surface area contributed by atoms with Crippen molar-refractivity contribution in [2.24, 2.45) is 17.8 Å². The Hall–Kier alpha value is -2.44. The third kappa shape index (κ3) is 10.4. The minimum atomic E-state index is -0.546. The number of carbonyl (C=O) groups excluding carboxylic acids is 2. The molecule has 1 atom stereocenters. The van der Waals surface area contributed by atoms with Gasteiger partial charge in [-0.05, 0) is 74.8 Å². The maximum absolute atomic E-state index is 12.5. The Morgan fingerprint density at radius 3 is 2.08 bits per heavy atom. The molecule has 6 heteroatoms. The summed E-state index contributed by atoms with van der Waals surface area (Å²) >= 11 is 0. The molecule has 1 saturated carbocycles. The van der Waals surface area contributed by atoms with Crippen molar-refractivity contribution in [2.45, 2.75) is 77.6 Å². The number of esters is 2. The van der Waals surface area contributed by atoms with E-state index in [0.717, 1.165) is 32.1 Å². The Morgan fingerprint density at radius 1 is 0.946 bits per heavy atom. The molecule has 37 heavy (non-hydrogen) atoms. The lowest BCUT2D eigenvalue weighted by Gasteiger charge is -2.33. The molecule has 1 unspecified atom stereocenters. The van der Waals surface area contributed by atoms with Crippen LogP contribution in [0, 0.1) is 17.8 Å². The van der Waals surface area contributed by atoms with Crippen LogP contribution in [0.25, 0.3) is 0 Å². The van der Waals surface area contributed by atoms with Crippen LogP contribution in [0.2, 0.25) is 0 Å². The van der Waals surface area contributed by atoms with E-state index in [0.29, 0.717) is 11.5 Å². The van der Waals surface area contributed by atoms with Gasteiger partial charge in [0.25, 0.3) is 0 Å². The zero-order chi connectivity index (χ0) is 27.2. The Morgan fingerprint density at radius 2 is 1.54 bits per heavy atom. The van der Waals surface area contributed by atoms with Gasteiger partial charge in [0.05, 0.1) is 13.2 Å². The number of ether oxygens (including phenoxy) is 2. The SMILES string of the molecule is C=C(C)C(=O)OCC(COC(=O)C(=C)CC(CO)CO)C1CCC(c2ccc(CCCCC)cc2)CC1. The van der Waals surface area contributed by atoms with E-state index in [1.54, 1.807) is 6.92 Å². The molecular weight excluding hydrogens is 468 g/mol. The van der Waals surface area contributed by atoms with Crippen LogP contribution in [-0.2, 0) is 25.5 Å². The molecule has 206 valence electrons. The molecule has 2 N–H and O–H groups in total. The summed E-state index contributed by atoms with van der Waals surface area (Å²) in [6.07, 6.45) is 9.06. The molecule has 0 aliphatic heterocycles. The van der Waals surface area contributed by atoms with Crippen molar-refractivity contribution >= 4 is 11.9 Å². The highest BCUT2D eigenvalue weighted by atomic mass is 16.5. The third-order valence-electron chi connectivity index (χ3n) is 7.50. The summed E-state index contributed by atoms with van der Waals surface area (Å²) in [5.74, 6) is -0.763. The predicted octanol–water partition coefficient (Wildman–Crippen LogP) is 5.52. The fraction of sp³-hybridized carbons (Fsp3) is 0.613. The van der Waals surface area contributed by atoms with Gasteiger partial charge in [0.2, 0.25) is 0 Å². The second-order valence-electron chi connectivity index (χ2n) is 10.6. The van der Waals surface area contributed by atoms with Crippen LogP contribution < -0.4 is 0 Å². The maximum Gasteiger partial charge on any atom is 0.333 e. The quantitative estimate of drug-likeness (QED) is 0.171. The fourth-order valence-corrected chi connectivity index (χ4v) is 4.99. The summed E-state index contributed by atoms with van der Waals surface area (Å²) in [6, 6.07) is 9.08. The lowest BCUT2D eigenvalue weighted by atomic mass is 9.74. The number of benzene rings is 1. The van der Waals surface area contributed by atoms with Gasteiger partial charge < -0.3 is 19.7 Å². The standard InChI is InChI=1S/C31H46O6/c1-5-6-7-8-24-9-11-26(12-10-24)27-13-15-28(16-14-27)29(20-36-30(34)22(2)3)21-37-31(35)23(4)17-25(18-32)19-33/h9-12,25,27-29,32-33H,2,4-8,13-21H2,1,3H3. The van der Waals surface area contributed by atoms with Crippen LogP contribution in [0.5, 0.6) is 0 Å². The summed E-state index contributed by atoms with van der Waals surface area (Å²) in [7, 11) is 0. The number of hydrogen-bond acceptors (Lipinski definition) is 6. The van der Waals surface area contributed by atoms with Gasteiger partial charge in [-0.15, -0.1) is 0 Å². The number of carbonyl (C=O) groups is 2. The number of aryl methyl sites for hydroxylation is 1. The van der Waals surface area contributed by atoms with Gasteiger partial charge in [-0.25, -0.2) is 9.59 Å². The minimum absolute atomic E-state index is 0.117. The van der Waals surface area contributed by atoms with E-state index < -0.39 is 17.9 Å². The number of unbranched alkanes of at least 4 members (excludes halogenated alkanes) is 2. The average Bonchev–Trinajstić information content (AvgIpc) is 2.91. The van der Waals surface area contributed by atoms with E-state index in [4.69, 9.17) is 9.47 Å². The van der Waals surface area contributed by atoms with E-state index in [-0.39, 0.29) is 50.3 Å². The van der Waals surface area contributed by atoms with Gasteiger partial charge in [0.15, 0.2) is 0 Å². The summed E-state index contributed by atoms with van der Waals surface area (Å²) in [6.45, 7) is 11.1. The van der Waals surface area contributed by atoms with Crippen LogP contribution in [0.15, 0.2) is 48.6 Å². The number of rotatable bonds is 16. The Balaban J connectivity index is 1.94. The van der Waals surface area contributed by atoms with Crippen molar-refractivity contribution < 1.29 is 29.3 Å². The molecule has 0 bridgehead atoms. The van der Waals surface area contributed by atoms with Gasteiger partial charge in [0.1, 0.15) is 0 Å². The van der Waals surface area contributed by atoms with Crippen molar-refractivity contribution in [2.75, 3.05) is 26.4 Å². The molecule has 1 aliphatic carbocycles. The normalized spacial score (nSPS) is 18.3. The van der Waals surface area contributed by atoms with Gasteiger partial charge >= 0.3 is 11.9 Å². The molecule has 6 nitrogen and oxygen atoms in total. The highest BCUT2D eigenvalue weighted by Gasteiger charge is 2.30.